The molecule has 0 amide bonds. The van der Waals surface area contributed by atoms with Gasteiger partial charge in [0.15, 0.2) is 5.82 Å². The Balaban J connectivity index is 1.50. The number of halogens is 2. The van der Waals surface area contributed by atoms with Crippen molar-refractivity contribution in [2.24, 2.45) is 4.99 Å². The first-order chi connectivity index (χ1) is 17.0. The number of hydrogen-bond donors (Lipinski definition) is 0. The number of fused-ring (bicyclic) bond motifs is 3. The summed E-state index contributed by atoms with van der Waals surface area (Å²) in [6, 6.07) is 4.19. The lowest BCUT2D eigenvalue weighted by Gasteiger charge is -2.49. The van der Waals surface area contributed by atoms with Crippen LogP contribution in [0.4, 0.5) is 20.3 Å². The van der Waals surface area contributed by atoms with Crippen LogP contribution in [-0.2, 0) is 0 Å². The van der Waals surface area contributed by atoms with Gasteiger partial charge in [0.25, 0.3) is 0 Å². The molecule has 0 bridgehead atoms. The molecule has 4 heterocycles. The minimum absolute atomic E-state index is 0.109. The van der Waals surface area contributed by atoms with E-state index in [9.17, 15) is 8.78 Å². The van der Waals surface area contributed by atoms with Crippen molar-refractivity contribution in [1.29, 1.82) is 0 Å². The molecule has 2 unspecified atom stereocenters. The topological polar surface area (TPSA) is 62.4 Å². The number of hydrogen-bond acceptors (Lipinski definition) is 6. The summed E-state index contributed by atoms with van der Waals surface area (Å²) in [6.07, 6.45) is 14.5. The average Bonchev–Trinajstić information content (AvgIpc) is 3.20. The molecule has 1 saturated carbocycles. The molecule has 2 atom stereocenters. The second-order valence-corrected chi connectivity index (χ2v) is 9.37. The van der Waals surface area contributed by atoms with E-state index in [4.69, 9.17) is 9.98 Å². The van der Waals surface area contributed by atoms with E-state index >= 15 is 0 Å². The zero-order chi connectivity index (χ0) is 24.1. The maximum atomic E-state index is 14.6. The molecule has 9 heteroatoms. The van der Waals surface area contributed by atoms with Gasteiger partial charge in [-0.1, -0.05) is 13.0 Å². The predicted molar refractivity (Wildman–Crippen MR) is 132 cm³/mol. The molecule has 1 aromatic carbocycles. The maximum Gasteiger partial charge on any atom is 0.237 e. The highest BCUT2D eigenvalue weighted by molar-refractivity contribution is 6.09. The fourth-order valence-electron chi connectivity index (χ4n) is 5.14. The number of imidazole rings is 1. The molecule has 35 heavy (non-hydrogen) atoms. The van der Waals surface area contributed by atoms with Crippen LogP contribution in [0.2, 0.25) is 0 Å². The molecule has 0 spiro atoms. The van der Waals surface area contributed by atoms with Crippen LogP contribution in [0, 0.1) is 11.6 Å². The van der Waals surface area contributed by atoms with E-state index in [0.717, 1.165) is 49.1 Å². The summed E-state index contributed by atoms with van der Waals surface area (Å²) in [4.78, 5) is 23.6. The van der Waals surface area contributed by atoms with Crippen molar-refractivity contribution in [2.75, 3.05) is 9.80 Å². The van der Waals surface area contributed by atoms with Crippen molar-refractivity contribution < 1.29 is 8.78 Å². The summed E-state index contributed by atoms with van der Waals surface area (Å²) >= 11 is 0. The fraction of sp³-hybridized carbons (Fsp3) is 0.385. The van der Waals surface area contributed by atoms with Crippen molar-refractivity contribution in [3.05, 3.63) is 60.7 Å². The Morgan fingerprint density at radius 3 is 2.74 bits per heavy atom. The molecule has 2 aromatic heterocycles. The molecule has 0 saturated heterocycles. The lowest BCUT2D eigenvalue weighted by Crippen LogP contribution is -2.57. The summed E-state index contributed by atoms with van der Waals surface area (Å²) in [5.74, 6) is 1.30. The molecule has 2 aliphatic heterocycles. The van der Waals surface area contributed by atoms with Crippen molar-refractivity contribution >= 4 is 17.3 Å². The van der Waals surface area contributed by atoms with Crippen molar-refractivity contribution in [3.8, 4) is 17.3 Å². The standard InChI is InChI=1S/C26H27F2N7/c1-3-21-24-31-16(2)6-5-12-33(24)22-15-30-26(32-25(22)35(21)18-7-4-8-18)34-13-11-29-23(34)19-10-9-17(27)14-20(19)28/h5,9-16,18,21H,3-4,6-8H2,1-2H3. The highest BCUT2D eigenvalue weighted by atomic mass is 19.1. The third kappa shape index (κ3) is 3.61. The minimum Gasteiger partial charge on any atom is -0.342 e. The van der Waals surface area contributed by atoms with Gasteiger partial charge < -0.3 is 4.90 Å². The average molecular weight is 476 g/mol. The van der Waals surface area contributed by atoms with E-state index in [-0.39, 0.29) is 17.6 Å². The molecule has 1 aliphatic carbocycles. The Bertz CT molecular complexity index is 1330. The van der Waals surface area contributed by atoms with Crippen molar-refractivity contribution in [3.63, 3.8) is 0 Å². The van der Waals surface area contributed by atoms with Gasteiger partial charge in [-0.25, -0.2) is 18.7 Å². The number of aliphatic imine (C=N–C) groups is 1. The van der Waals surface area contributed by atoms with Crippen LogP contribution >= 0.6 is 0 Å². The van der Waals surface area contributed by atoms with Gasteiger partial charge in [0.05, 0.1) is 23.8 Å². The monoisotopic (exact) mass is 475 g/mol. The largest absolute Gasteiger partial charge is 0.342 e. The molecule has 6 rings (SSSR count). The first kappa shape index (κ1) is 21.9. The van der Waals surface area contributed by atoms with E-state index in [0.29, 0.717) is 17.8 Å². The molecular weight excluding hydrogens is 448 g/mol. The fourth-order valence-corrected chi connectivity index (χ4v) is 5.14. The van der Waals surface area contributed by atoms with Gasteiger partial charge in [0, 0.05) is 30.7 Å². The zero-order valence-corrected chi connectivity index (χ0v) is 19.8. The predicted octanol–water partition coefficient (Wildman–Crippen LogP) is 5.27. The summed E-state index contributed by atoms with van der Waals surface area (Å²) in [7, 11) is 0. The molecule has 0 N–H and O–H groups in total. The SMILES string of the molecule is CCC1C2=NC(C)CC=CN2c2cnc(-n3ccnc3-c3ccc(F)cc3F)nc2N1C1CCC1. The molecule has 0 radical (unpaired) electrons. The van der Waals surface area contributed by atoms with E-state index in [2.05, 4.69) is 45.9 Å². The molecule has 180 valence electrons. The molecule has 3 aliphatic rings. The number of aromatic nitrogens is 4. The third-order valence-corrected chi connectivity index (χ3v) is 7.09. The molecule has 1 fully saturated rings. The number of nitrogens with zero attached hydrogens (tertiary/aromatic N) is 7. The summed E-state index contributed by atoms with van der Waals surface area (Å²) in [6.45, 7) is 4.33. The Kier molecular flexibility index (Phi) is 5.35. The van der Waals surface area contributed by atoms with Crippen LogP contribution in [0.25, 0.3) is 17.3 Å². The van der Waals surface area contributed by atoms with E-state index in [1.54, 1.807) is 17.0 Å². The zero-order valence-electron chi connectivity index (χ0n) is 19.8. The lowest BCUT2D eigenvalue weighted by atomic mass is 9.88. The maximum absolute atomic E-state index is 14.6. The van der Waals surface area contributed by atoms with Crippen LogP contribution in [-0.4, -0.2) is 43.5 Å². The first-order valence-electron chi connectivity index (χ1n) is 12.2. The highest BCUT2D eigenvalue weighted by Crippen LogP contribution is 2.42. The highest BCUT2D eigenvalue weighted by Gasteiger charge is 2.42. The van der Waals surface area contributed by atoms with Gasteiger partial charge in [0.2, 0.25) is 5.95 Å². The van der Waals surface area contributed by atoms with Crippen LogP contribution in [0.15, 0.2) is 54.1 Å². The van der Waals surface area contributed by atoms with Gasteiger partial charge in [0.1, 0.15) is 29.0 Å². The lowest BCUT2D eigenvalue weighted by molar-refractivity contribution is 0.369. The Hall–Kier alpha value is -3.62. The van der Waals surface area contributed by atoms with Crippen LogP contribution in [0.5, 0.6) is 0 Å². The summed E-state index contributed by atoms with van der Waals surface area (Å²) in [5.41, 5.74) is 1.09. The Morgan fingerprint density at radius 1 is 1.14 bits per heavy atom. The Labute approximate surface area is 202 Å². The second-order valence-electron chi connectivity index (χ2n) is 9.37. The van der Waals surface area contributed by atoms with Crippen molar-refractivity contribution in [1.82, 2.24) is 19.5 Å². The van der Waals surface area contributed by atoms with E-state index < -0.39 is 11.6 Å². The van der Waals surface area contributed by atoms with Crippen molar-refractivity contribution in [2.45, 2.75) is 64.1 Å². The van der Waals surface area contributed by atoms with Crippen LogP contribution in [0.1, 0.15) is 46.0 Å². The minimum atomic E-state index is -0.678. The van der Waals surface area contributed by atoms with Gasteiger partial charge in [-0.3, -0.25) is 14.5 Å². The molecular formula is C26H27F2N7. The molecule has 7 nitrogen and oxygen atoms in total. The first-order valence-corrected chi connectivity index (χ1v) is 12.2. The number of anilines is 2. The number of benzene rings is 1. The van der Waals surface area contributed by atoms with Gasteiger partial charge >= 0.3 is 0 Å². The Morgan fingerprint density at radius 2 is 2.00 bits per heavy atom. The second kappa shape index (κ2) is 8.55. The van der Waals surface area contributed by atoms with Crippen LogP contribution < -0.4 is 9.80 Å². The van der Waals surface area contributed by atoms with E-state index in [1.165, 1.54) is 18.6 Å². The normalized spacial score (nSPS) is 21.8. The van der Waals surface area contributed by atoms with Gasteiger partial charge in [-0.15, -0.1) is 0 Å². The summed E-state index contributed by atoms with van der Waals surface area (Å²) in [5, 5.41) is 0. The van der Waals surface area contributed by atoms with Gasteiger partial charge in [-0.05, 0) is 51.2 Å². The smallest absolute Gasteiger partial charge is 0.237 e. The molecule has 3 aromatic rings. The number of amidine groups is 1. The number of rotatable bonds is 4. The van der Waals surface area contributed by atoms with Crippen LogP contribution in [0.3, 0.4) is 0 Å². The summed E-state index contributed by atoms with van der Waals surface area (Å²) < 4.78 is 29.7. The van der Waals surface area contributed by atoms with E-state index in [1.807, 2.05) is 6.20 Å². The third-order valence-electron chi connectivity index (χ3n) is 7.09. The van der Waals surface area contributed by atoms with Gasteiger partial charge in [-0.2, -0.15) is 4.98 Å². The quantitative estimate of drug-likeness (QED) is 0.515.